The lowest BCUT2D eigenvalue weighted by molar-refractivity contribution is 0.196. The fraction of sp³-hybridized carbons (Fsp3) is 0.615. The van der Waals surface area contributed by atoms with Crippen LogP contribution in [0.15, 0.2) is 17.5 Å². The van der Waals surface area contributed by atoms with E-state index < -0.39 is 0 Å². The lowest BCUT2D eigenvalue weighted by Gasteiger charge is -2.15. The van der Waals surface area contributed by atoms with Gasteiger partial charge in [0.15, 0.2) is 11.5 Å². The van der Waals surface area contributed by atoms with Crippen molar-refractivity contribution in [1.82, 2.24) is 9.97 Å². The summed E-state index contributed by atoms with van der Waals surface area (Å²) in [5.74, 6) is 0.210. The zero-order valence-electron chi connectivity index (χ0n) is 11.5. The second-order valence-electron chi connectivity index (χ2n) is 4.47. The van der Waals surface area contributed by atoms with Gasteiger partial charge in [0.2, 0.25) is 5.88 Å². The van der Waals surface area contributed by atoms with Gasteiger partial charge in [0.25, 0.3) is 0 Å². The van der Waals surface area contributed by atoms with Gasteiger partial charge in [-0.2, -0.15) is 0 Å². The standard InChI is InChI=1S/C13H22N4O2/c1-3-4-5-6-7-10(2)19-13-11(12(14)17-18)15-8-9-16-13/h8-10,18H,3-7H2,1-2H3,(H2,14,17). The van der Waals surface area contributed by atoms with Crippen molar-refractivity contribution in [2.24, 2.45) is 10.9 Å². The zero-order chi connectivity index (χ0) is 14.1. The number of ether oxygens (including phenoxy) is 1. The minimum atomic E-state index is -0.0960. The van der Waals surface area contributed by atoms with Gasteiger partial charge in [-0.1, -0.05) is 31.3 Å². The number of aromatic nitrogens is 2. The number of unbranched alkanes of at least 4 members (excludes halogenated alkanes) is 3. The van der Waals surface area contributed by atoms with Crippen LogP contribution in [-0.4, -0.2) is 27.1 Å². The van der Waals surface area contributed by atoms with Crippen molar-refractivity contribution in [3.63, 3.8) is 0 Å². The number of hydrogen-bond donors (Lipinski definition) is 2. The monoisotopic (exact) mass is 266 g/mol. The smallest absolute Gasteiger partial charge is 0.244 e. The van der Waals surface area contributed by atoms with E-state index in [1.165, 1.54) is 31.7 Å². The molecule has 1 unspecified atom stereocenters. The largest absolute Gasteiger partial charge is 0.473 e. The molecule has 0 spiro atoms. The molecule has 0 aliphatic heterocycles. The molecule has 0 bridgehead atoms. The Kier molecular flexibility index (Phi) is 6.63. The normalized spacial score (nSPS) is 13.3. The van der Waals surface area contributed by atoms with Crippen molar-refractivity contribution in [2.75, 3.05) is 0 Å². The van der Waals surface area contributed by atoms with E-state index in [1.807, 2.05) is 6.92 Å². The van der Waals surface area contributed by atoms with E-state index in [0.717, 1.165) is 12.8 Å². The second-order valence-corrected chi connectivity index (χ2v) is 4.47. The van der Waals surface area contributed by atoms with E-state index in [1.54, 1.807) is 0 Å². The highest BCUT2D eigenvalue weighted by Crippen LogP contribution is 2.15. The van der Waals surface area contributed by atoms with Gasteiger partial charge in [-0.05, 0) is 19.8 Å². The first-order chi connectivity index (χ1) is 9.19. The molecule has 1 heterocycles. The third-order valence-electron chi connectivity index (χ3n) is 2.79. The Hall–Kier alpha value is -1.85. The van der Waals surface area contributed by atoms with Crippen LogP contribution in [0.5, 0.6) is 5.88 Å². The molecule has 1 atom stereocenters. The van der Waals surface area contributed by atoms with Crippen LogP contribution in [0.2, 0.25) is 0 Å². The molecule has 0 radical (unpaired) electrons. The maximum Gasteiger partial charge on any atom is 0.244 e. The summed E-state index contributed by atoms with van der Waals surface area (Å²) in [7, 11) is 0. The fourth-order valence-corrected chi connectivity index (χ4v) is 1.74. The first-order valence-corrected chi connectivity index (χ1v) is 6.64. The van der Waals surface area contributed by atoms with Gasteiger partial charge < -0.3 is 15.7 Å². The topological polar surface area (TPSA) is 93.6 Å². The molecule has 3 N–H and O–H groups in total. The van der Waals surface area contributed by atoms with Crippen molar-refractivity contribution in [2.45, 2.75) is 52.1 Å². The van der Waals surface area contributed by atoms with Crippen molar-refractivity contribution in [3.05, 3.63) is 18.1 Å². The summed E-state index contributed by atoms with van der Waals surface area (Å²) in [6.07, 6.45) is 8.76. The molecule has 1 aromatic rings. The lowest BCUT2D eigenvalue weighted by Crippen LogP contribution is -2.20. The summed E-state index contributed by atoms with van der Waals surface area (Å²) < 4.78 is 5.70. The molecule has 19 heavy (non-hydrogen) atoms. The van der Waals surface area contributed by atoms with Crippen LogP contribution < -0.4 is 10.5 Å². The Morgan fingerprint density at radius 1 is 1.37 bits per heavy atom. The SMILES string of the molecule is CCCCCCC(C)Oc1nccnc1C(N)=NO. The lowest BCUT2D eigenvalue weighted by atomic mass is 10.1. The molecule has 0 aliphatic carbocycles. The first kappa shape index (κ1) is 15.2. The van der Waals surface area contributed by atoms with E-state index in [0.29, 0.717) is 5.88 Å². The quantitative estimate of drug-likeness (QED) is 0.247. The summed E-state index contributed by atoms with van der Waals surface area (Å²) in [5, 5.41) is 11.6. The average molecular weight is 266 g/mol. The van der Waals surface area contributed by atoms with Crippen LogP contribution in [0.4, 0.5) is 0 Å². The van der Waals surface area contributed by atoms with E-state index in [2.05, 4.69) is 22.0 Å². The number of rotatable bonds is 8. The Labute approximate surface area is 113 Å². The van der Waals surface area contributed by atoms with Crippen molar-refractivity contribution >= 4 is 5.84 Å². The van der Waals surface area contributed by atoms with Crippen LogP contribution in [-0.2, 0) is 0 Å². The Balaban J connectivity index is 2.56. The van der Waals surface area contributed by atoms with E-state index >= 15 is 0 Å². The summed E-state index contributed by atoms with van der Waals surface area (Å²) in [6.45, 7) is 4.17. The number of hydrogen-bond acceptors (Lipinski definition) is 5. The molecule has 6 heteroatoms. The van der Waals surface area contributed by atoms with Crippen LogP contribution in [0.1, 0.15) is 51.6 Å². The molecule has 1 aromatic heterocycles. The van der Waals surface area contributed by atoms with Gasteiger partial charge in [0, 0.05) is 12.4 Å². The molecule has 1 rings (SSSR count). The van der Waals surface area contributed by atoms with Crippen LogP contribution in [0.3, 0.4) is 0 Å². The number of nitrogens with two attached hydrogens (primary N) is 1. The summed E-state index contributed by atoms with van der Waals surface area (Å²) in [5.41, 5.74) is 5.80. The third-order valence-corrected chi connectivity index (χ3v) is 2.79. The van der Waals surface area contributed by atoms with Crippen LogP contribution >= 0.6 is 0 Å². The Bertz CT molecular complexity index is 409. The van der Waals surface area contributed by atoms with Crippen molar-refractivity contribution in [1.29, 1.82) is 0 Å². The maximum atomic E-state index is 8.69. The summed E-state index contributed by atoms with van der Waals surface area (Å²) >= 11 is 0. The molecular weight excluding hydrogens is 244 g/mol. The molecule has 6 nitrogen and oxygen atoms in total. The second kappa shape index (κ2) is 8.29. The molecular formula is C13H22N4O2. The molecule has 0 aliphatic rings. The number of oxime groups is 1. The summed E-state index contributed by atoms with van der Waals surface area (Å²) in [4.78, 5) is 8.08. The molecule has 0 saturated heterocycles. The molecule has 0 amide bonds. The van der Waals surface area contributed by atoms with E-state index in [-0.39, 0.29) is 17.6 Å². The minimum absolute atomic E-state index is 0.0267. The zero-order valence-corrected chi connectivity index (χ0v) is 11.5. The summed E-state index contributed by atoms with van der Waals surface area (Å²) in [6, 6.07) is 0. The van der Waals surface area contributed by atoms with Gasteiger partial charge in [0.1, 0.15) is 0 Å². The minimum Gasteiger partial charge on any atom is -0.473 e. The van der Waals surface area contributed by atoms with E-state index in [9.17, 15) is 0 Å². The molecule has 0 saturated carbocycles. The number of amidine groups is 1. The Morgan fingerprint density at radius 2 is 2.11 bits per heavy atom. The van der Waals surface area contributed by atoms with E-state index in [4.69, 9.17) is 15.7 Å². The van der Waals surface area contributed by atoms with Gasteiger partial charge in [-0.3, -0.25) is 0 Å². The van der Waals surface area contributed by atoms with Crippen molar-refractivity contribution < 1.29 is 9.94 Å². The van der Waals surface area contributed by atoms with Gasteiger partial charge in [-0.15, -0.1) is 0 Å². The van der Waals surface area contributed by atoms with Gasteiger partial charge >= 0.3 is 0 Å². The highest BCUT2D eigenvalue weighted by atomic mass is 16.5. The third kappa shape index (κ3) is 5.11. The Morgan fingerprint density at radius 3 is 2.79 bits per heavy atom. The highest BCUT2D eigenvalue weighted by Gasteiger charge is 2.14. The first-order valence-electron chi connectivity index (χ1n) is 6.64. The highest BCUT2D eigenvalue weighted by molar-refractivity contribution is 5.97. The predicted molar refractivity (Wildman–Crippen MR) is 73.4 cm³/mol. The maximum absolute atomic E-state index is 8.69. The molecule has 0 fully saturated rings. The molecule has 0 aromatic carbocycles. The average Bonchev–Trinajstić information content (AvgIpc) is 2.43. The van der Waals surface area contributed by atoms with Crippen molar-refractivity contribution in [3.8, 4) is 5.88 Å². The van der Waals surface area contributed by atoms with Crippen LogP contribution in [0, 0.1) is 0 Å². The molecule has 106 valence electrons. The van der Waals surface area contributed by atoms with Crippen LogP contribution in [0.25, 0.3) is 0 Å². The van der Waals surface area contributed by atoms with Gasteiger partial charge in [-0.25, -0.2) is 9.97 Å². The fourth-order valence-electron chi connectivity index (χ4n) is 1.74. The van der Waals surface area contributed by atoms with Gasteiger partial charge in [0.05, 0.1) is 6.10 Å². The number of nitrogens with zero attached hydrogens (tertiary/aromatic N) is 3. The predicted octanol–water partition coefficient (Wildman–Crippen LogP) is 2.31.